The molecule has 1 heterocycles. The minimum absolute atomic E-state index is 0.0806. The maximum absolute atomic E-state index is 11.5. The highest BCUT2D eigenvalue weighted by Crippen LogP contribution is 1.94. The summed E-state index contributed by atoms with van der Waals surface area (Å²) in [6, 6.07) is 1.70. The lowest BCUT2D eigenvalue weighted by molar-refractivity contribution is 0.0944. The van der Waals surface area contributed by atoms with Gasteiger partial charge in [0.05, 0.1) is 0 Å². The Bertz CT molecular complexity index is 295. The fraction of sp³-hybridized carbons (Fsp3) is 0.556. The summed E-state index contributed by atoms with van der Waals surface area (Å²) in [5.74, 6) is -0.0806. The van der Waals surface area contributed by atoms with Crippen molar-refractivity contribution < 1.29 is 4.79 Å². The van der Waals surface area contributed by atoms with Gasteiger partial charge in [0.15, 0.2) is 0 Å². The van der Waals surface area contributed by atoms with Crippen molar-refractivity contribution in [2.45, 2.75) is 6.92 Å². The van der Waals surface area contributed by atoms with E-state index in [1.165, 1.54) is 0 Å². The van der Waals surface area contributed by atoms with Gasteiger partial charge < -0.3 is 10.6 Å². The molecule has 1 amide bonds. The zero-order valence-electron chi connectivity index (χ0n) is 8.58. The van der Waals surface area contributed by atoms with Crippen molar-refractivity contribution in [1.29, 1.82) is 0 Å². The average Bonchev–Trinajstić information content (AvgIpc) is 2.59. The fourth-order valence-corrected chi connectivity index (χ4v) is 1.13. The Balaban J connectivity index is 2.32. The second-order valence-electron chi connectivity index (χ2n) is 2.95. The molecule has 0 aromatic carbocycles. The Labute approximate surface area is 83.5 Å². The van der Waals surface area contributed by atoms with Crippen LogP contribution in [0.25, 0.3) is 0 Å². The molecule has 0 spiro atoms. The van der Waals surface area contributed by atoms with Crippen LogP contribution in [0.4, 0.5) is 0 Å². The Morgan fingerprint density at radius 3 is 2.93 bits per heavy atom. The number of hydrogen-bond donors (Lipinski definition) is 2. The minimum atomic E-state index is -0.0806. The first kappa shape index (κ1) is 10.7. The number of nitrogens with zero attached hydrogens (tertiary/aromatic N) is 2. The number of likely N-dealkylation sites (N-methyl/N-ethyl adjacent to an activating group) is 1. The summed E-state index contributed by atoms with van der Waals surface area (Å²) >= 11 is 0. The Kier molecular flexibility index (Phi) is 4.12. The van der Waals surface area contributed by atoms with Gasteiger partial charge in [0, 0.05) is 26.3 Å². The van der Waals surface area contributed by atoms with Gasteiger partial charge in [-0.2, -0.15) is 5.10 Å². The third kappa shape index (κ3) is 2.85. The van der Waals surface area contributed by atoms with E-state index in [0.717, 1.165) is 13.1 Å². The molecule has 0 radical (unpaired) electrons. The molecule has 0 aliphatic carbocycles. The normalized spacial score (nSPS) is 10.1. The third-order valence-corrected chi connectivity index (χ3v) is 1.89. The zero-order chi connectivity index (χ0) is 10.4. The van der Waals surface area contributed by atoms with E-state index in [1.807, 2.05) is 6.92 Å². The van der Waals surface area contributed by atoms with Crippen LogP contribution in [0.5, 0.6) is 0 Å². The Morgan fingerprint density at radius 1 is 1.57 bits per heavy atom. The van der Waals surface area contributed by atoms with Crippen molar-refractivity contribution in [2.24, 2.45) is 7.05 Å². The molecule has 5 nitrogen and oxygen atoms in total. The first-order valence-electron chi connectivity index (χ1n) is 4.72. The molecule has 14 heavy (non-hydrogen) atoms. The number of nitrogens with one attached hydrogen (secondary N) is 2. The third-order valence-electron chi connectivity index (χ3n) is 1.89. The number of rotatable bonds is 5. The molecule has 0 saturated carbocycles. The number of carbonyl (C=O) groups excluding carboxylic acids is 1. The van der Waals surface area contributed by atoms with Crippen LogP contribution in [-0.2, 0) is 7.05 Å². The molecule has 0 bridgehead atoms. The minimum Gasteiger partial charge on any atom is -0.349 e. The summed E-state index contributed by atoms with van der Waals surface area (Å²) in [6.07, 6.45) is 1.61. The number of amides is 1. The van der Waals surface area contributed by atoms with Gasteiger partial charge in [-0.3, -0.25) is 9.48 Å². The Morgan fingerprint density at radius 2 is 2.36 bits per heavy atom. The predicted molar refractivity (Wildman–Crippen MR) is 54.1 cm³/mol. The molecule has 78 valence electrons. The van der Waals surface area contributed by atoms with E-state index in [9.17, 15) is 4.79 Å². The van der Waals surface area contributed by atoms with Gasteiger partial charge in [-0.1, -0.05) is 6.92 Å². The molecule has 5 heteroatoms. The molecule has 0 fully saturated rings. The van der Waals surface area contributed by atoms with Gasteiger partial charge in [-0.05, 0) is 12.6 Å². The lowest BCUT2D eigenvalue weighted by Gasteiger charge is -2.05. The Hall–Kier alpha value is -1.36. The molecule has 0 atom stereocenters. The summed E-state index contributed by atoms with van der Waals surface area (Å²) in [5.41, 5.74) is 0.585. The molecule has 2 N–H and O–H groups in total. The highest BCUT2D eigenvalue weighted by Gasteiger charge is 2.07. The van der Waals surface area contributed by atoms with Gasteiger partial charge >= 0.3 is 0 Å². The molecule has 1 aromatic heterocycles. The number of carbonyl (C=O) groups is 1. The lowest BCUT2D eigenvalue weighted by Crippen LogP contribution is -2.32. The van der Waals surface area contributed by atoms with Crippen molar-refractivity contribution in [1.82, 2.24) is 20.4 Å². The first-order chi connectivity index (χ1) is 6.75. The van der Waals surface area contributed by atoms with Crippen molar-refractivity contribution in [3.8, 4) is 0 Å². The predicted octanol–water partition coefficient (Wildman–Crippen LogP) is -0.241. The van der Waals surface area contributed by atoms with Gasteiger partial charge in [-0.15, -0.1) is 0 Å². The van der Waals surface area contributed by atoms with Crippen LogP contribution in [0.2, 0.25) is 0 Å². The second kappa shape index (κ2) is 5.39. The molecular formula is C9H16N4O. The van der Waals surface area contributed by atoms with Gasteiger partial charge in [0.1, 0.15) is 5.69 Å². The number of aryl methyl sites for hydroxylation is 1. The quantitative estimate of drug-likeness (QED) is 0.639. The topological polar surface area (TPSA) is 58.9 Å². The van der Waals surface area contributed by atoms with E-state index in [0.29, 0.717) is 12.2 Å². The maximum Gasteiger partial charge on any atom is 0.269 e. The first-order valence-corrected chi connectivity index (χ1v) is 4.72. The summed E-state index contributed by atoms with van der Waals surface area (Å²) in [7, 11) is 1.75. The molecule has 1 rings (SSSR count). The largest absolute Gasteiger partial charge is 0.349 e. The fourth-order valence-electron chi connectivity index (χ4n) is 1.13. The van der Waals surface area contributed by atoms with Crippen molar-refractivity contribution in [3.63, 3.8) is 0 Å². The van der Waals surface area contributed by atoms with E-state index in [-0.39, 0.29) is 5.91 Å². The molecular weight excluding hydrogens is 180 g/mol. The maximum atomic E-state index is 11.5. The van der Waals surface area contributed by atoms with Crippen LogP contribution in [0.1, 0.15) is 17.4 Å². The standard InChI is InChI=1S/C9H16N4O/c1-3-10-6-7-11-9(14)8-4-5-12-13(8)2/h4-5,10H,3,6-7H2,1-2H3,(H,11,14). The van der Waals surface area contributed by atoms with Crippen LogP contribution in [-0.4, -0.2) is 35.3 Å². The summed E-state index contributed by atoms with van der Waals surface area (Å²) in [6.45, 7) is 4.38. The molecule has 0 aliphatic heterocycles. The van der Waals surface area contributed by atoms with Crippen molar-refractivity contribution in [3.05, 3.63) is 18.0 Å². The van der Waals surface area contributed by atoms with Gasteiger partial charge in [0.25, 0.3) is 5.91 Å². The average molecular weight is 196 g/mol. The van der Waals surface area contributed by atoms with Crippen LogP contribution < -0.4 is 10.6 Å². The number of hydrogen-bond acceptors (Lipinski definition) is 3. The zero-order valence-corrected chi connectivity index (χ0v) is 8.58. The van der Waals surface area contributed by atoms with Crippen molar-refractivity contribution in [2.75, 3.05) is 19.6 Å². The highest BCUT2D eigenvalue weighted by molar-refractivity contribution is 5.92. The summed E-state index contributed by atoms with van der Waals surface area (Å²) in [4.78, 5) is 11.5. The van der Waals surface area contributed by atoms with E-state index in [4.69, 9.17) is 0 Å². The molecule has 0 unspecified atom stereocenters. The van der Waals surface area contributed by atoms with E-state index in [2.05, 4.69) is 15.7 Å². The van der Waals surface area contributed by atoms with Crippen LogP contribution in [0.15, 0.2) is 12.3 Å². The van der Waals surface area contributed by atoms with Gasteiger partial charge in [-0.25, -0.2) is 0 Å². The monoisotopic (exact) mass is 196 g/mol. The number of aromatic nitrogens is 2. The highest BCUT2D eigenvalue weighted by atomic mass is 16.2. The lowest BCUT2D eigenvalue weighted by atomic mass is 10.4. The smallest absolute Gasteiger partial charge is 0.269 e. The summed E-state index contributed by atoms with van der Waals surface area (Å²) in [5, 5.41) is 9.85. The molecule has 0 aliphatic rings. The van der Waals surface area contributed by atoms with Crippen molar-refractivity contribution >= 4 is 5.91 Å². The van der Waals surface area contributed by atoms with E-state index in [1.54, 1.807) is 24.0 Å². The van der Waals surface area contributed by atoms with E-state index < -0.39 is 0 Å². The summed E-state index contributed by atoms with van der Waals surface area (Å²) < 4.78 is 1.56. The van der Waals surface area contributed by atoms with Crippen LogP contribution in [0.3, 0.4) is 0 Å². The van der Waals surface area contributed by atoms with Gasteiger partial charge in [0.2, 0.25) is 0 Å². The molecule has 1 aromatic rings. The van der Waals surface area contributed by atoms with Crippen LogP contribution >= 0.6 is 0 Å². The SMILES string of the molecule is CCNCCNC(=O)c1ccnn1C. The van der Waals surface area contributed by atoms with Crippen LogP contribution in [0, 0.1) is 0 Å². The second-order valence-corrected chi connectivity index (χ2v) is 2.95. The van der Waals surface area contributed by atoms with E-state index >= 15 is 0 Å². The molecule has 0 saturated heterocycles.